The van der Waals surface area contributed by atoms with Crippen LogP contribution >= 0.6 is 15.9 Å². The minimum Gasteiger partial charge on any atom is -0.399 e. The van der Waals surface area contributed by atoms with Gasteiger partial charge in [-0.05, 0) is 35.9 Å². The van der Waals surface area contributed by atoms with Crippen LogP contribution in [0.25, 0.3) is 11.4 Å². The molecule has 3 aromatic rings. The van der Waals surface area contributed by atoms with Crippen molar-refractivity contribution >= 4 is 21.6 Å². The molecule has 1 heterocycles. The minimum absolute atomic E-state index is 0.290. The van der Waals surface area contributed by atoms with Gasteiger partial charge in [0.1, 0.15) is 11.6 Å². The van der Waals surface area contributed by atoms with E-state index in [0.29, 0.717) is 11.0 Å². The van der Waals surface area contributed by atoms with E-state index < -0.39 is 0 Å². The SMILES string of the molecule is Nc1ccc(Cn2ccnc2-c2cc(F)cc(Br)c2)cc1. The highest BCUT2D eigenvalue weighted by atomic mass is 79.9. The highest BCUT2D eigenvalue weighted by Crippen LogP contribution is 2.24. The molecule has 0 aliphatic carbocycles. The smallest absolute Gasteiger partial charge is 0.140 e. The quantitative estimate of drug-likeness (QED) is 0.726. The summed E-state index contributed by atoms with van der Waals surface area (Å²) in [5.41, 5.74) is 8.27. The van der Waals surface area contributed by atoms with Crippen LogP contribution in [0.1, 0.15) is 5.56 Å². The Hall–Kier alpha value is -2.14. The Morgan fingerprint density at radius 1 is 1.14 bits per heavy atom. The molecule has 0 saturated heterocycles. The third-order valence-electron chi connectivity index (χ3n) is 3.17. The van der Waals surface area contributed by atoms with Crippen LogP contribution < -0.4 is 5.73 Å². The molecule has 0 amide bonds. The number of nitrogens with zero attached hydrogens (tertiary/aromatic N) is 2. The van der Waals surface area contributed by atoms with Crippen molar-refractivity contribution in [3.05, 3.63) is 70.7 Å². The second-order valence-electron chi connectivity index (χ2n) is 4.78. The van der Waals surface area contributed by atoms with Gasteiger partial charge < -0.3 is 10.3 Å². The van der Waals surface area contributed by atoms with Crippen LogP contribution in [0.3, 0.4) is 0 Å². The lowest BCUT2D eigenvalue weighted by Gasteiger charge is -2.09. The summed E-state index contributed by atoms with van der Waals surface area (Å²) in [6, 6.07) is 12.4. The van der Waals surface area contributed by atoms with E-state index in [1.54, 1.807) is 6.20 Å². The monoisotopic (exact) mass is 345 g/mol. The summed E-state index contributed by atoms with van der Waals surface area (Å²) < 4.78 is 16.2. The molecule has 0 bridgehead atoms. The van der Waals surface area contributed by atoms with Gasteiger partial charge in [-0.15, -0.1) is 0 Å². The third-order valence-corrected chi connectivity index (χ3v) is 3.63. The Morgan fingerprint density at radius 2 is 1.90 bits per heavy atom. The third kappa shape index (κ3) is 3.13. The molecule has 0 aliphatic heterocycles. The Balaban J connectivity index is 1.95. The number of hydrogen-bond acceptors (Lipinski definition) is 2. The number of nitrogens with two attached hydrogens (primary N) is 1. The summed E-state index contributed by atoms with van der Waals surface area (Å²) in [7, 11) is 0. The molecule has 0 unspecified atom stereocenters. The number of aromatic nitrogens is 2. The number of anilines is 1. The summed E-state index contributed by atoms with van der Waals surface area (Å²) in [6.45, 7) is 0.656. The fourth-order valence-corrected chi connectivity index (χ4v) is 2.67. The second-order valence-corrected chi connectivity index (χ2v) is 5.69. The fourth-order valence-electron chi connectivity index (χ4n) is 2.20. The summed E-state index contributed by atoms with van der Waals surface area (Å²) >= 11 is 3.31. The Kier molecular flexibility index (Phi) is 3.75. The second kappa shape index (κ2) is 5.69. The van der Waals surface area contributed by atoms with Crippen LogP contribution in [0.2, 0.25) is 0 Å². The first kappa shape index (κ1) is 13.8. The number of imidazole rings is 1. The molecule has 0 saturated carbocycles. The Labute approximate surface area is 130 Å². The van der Waals surface area contributed by atoms with E-state index in [1.165, 1.54) is 12.1 Å². The summed E-state index contributed by atoms with van der Waals surface area (Å²) in [6.07, 6.45) is 3.59. The lowest BCUT2D eigenvalue weighted by Crippen LogP contribution is -2.01. The van der Waals surface area contributed by atoms with Crippen molar-refractivity contribution in [2.75, 3.05) is 5.73 Å². The van der Waals surface area contributed by atoms with Crippen molar-refractivity contribution in [1.82, 2.24) is 9.55 Å². The maximum atomic E-state index is 13.5. The molecule has 0 aliphatic rings. The maximum absolute atomic E-state index is 13.5. The van der Waals surface area contributed by atoms with Crippen LogP contribution in [-0.4, -0.2) is 9.55 Å². The first-order valence-corrected chi connectivity index (χ1v) is 7.23. The molecule has 2 aromatic carbocycles. The lowest BCUT2D eigenvalue weighted by molar-refractivity contribution is 0.627. The molecule has 1 aromatic heterocycles. The van der Waals surface area contributed by atoms with E-state index in [9.17, 15) is 4.39 Å². The molecule has 106 valence electrons. The van der Waals surface area contributed by atoms with Gasteiger partial charge in [0.2, 0.25) is 0 Å². The number of hydrogen-bond donors (Lipinski definition) is 1. The van der Waals surface area contributed by atoms with E-state index in [2.05, 4.69) is 20.9 Å². The van der Waals surface area contributed by atoms with Crippen molar-refractivity contribution in [2.45, 2.75) is 6.54 Å². The van der Waals surface area contributed by atoms with E-state index in [4.69, 9.17) is 5.73 Å². The van der Waals surface area contributed by atoms with Gasteiger partial charge in [0, 0.05) is 34.7 Å². The van der Waals surface area contributed by atoms with Crippen molar-refractivity contribution in [2.24, 2.45) is 0 Å². The highest BCUT2D eigenvalue weighted by Gasteiger charge is 2.09. The molecular weight excluding hydrogens is 333 g/mol. The van der Waals surface area contributed by atoms with Gasteiger partial charge in [0.25, 0.3) is 0 Å². The van der Waals surface area contributed by atoms with Crippen molar-refractivity contribution in [3.8, 4) is 11.4 Å². The van der Waals surface area contributed by atoms with E-state index in [1.807, 2.05) is 41.1 Å². The van der Waals surface area contributed by atoms with Gasteiger partial charge in [-0.3, -0.25) is 0 Å². The van der Waals surface area contributed by atoms with Gasteiger partial charge >= 0.3 is 0 Å². The highest BCUT2D eigenvalue weighted by molar-refractivity contribution is 9.10. The van der Waals surface area contributed by atoms with Crippen molar-refractivity contribution in [3.63, 3.8) is 0 Å². The topological polar surface area (TPSA) is 43.8 Å². The molecule has 0 atom stereocenters. The molecule has 5 heteroatoms. The predicted octanol–water partition coefficient (Wildman–Crippen LogP) is 4.08. The number of rotatable bonds is 3. The van der Waals surface area contributed by atoms with Crippen LogP contribution in [0.5, 0.6) is 0 Å². The Bertz CT molecular complexity index is 745. The minimum atomic E-state index is -0.290. The van der Waals surface area contributed by atoms with Crippen LogP contribution in [0.15, 0.2) is 59.3 Å². The standard InChI is InChI=1S/C16H13BrFN3/c17-13-7-12(8-14(18)9-13)16-20-5-6-21(16)10-11-1-3-15(19)4-2-11/h1-9H,10,19H2. The van der Waals surface area contributed by atoms with E-state index >= 15 is 0 Å². The Morgan fingerprint density at radius 3 is 2.62 bits per heavy atom. The average molecular weight is 346 g/mol. The van der Waals surface area contributed by atoms with E-state index in [-0.39, 0.29) is 5.82 Å². The normalized spacial score (nSPS) is 10.8. The van der Waals surface area contributed by atoms with Gasteiger partial charge in [-0.2, -0.15) is 0 Å². The van der Waals surface area contributed by atoms with E-state index in [0.717, 1.165) is 22.6 Å². The zero-order valence-corrected chi connectivity index (χ0v) is 12.7. The summed E-state index contributed by atoms with van der Waals surface area (Å²) in [5.74, 6) is 0.438. The number of halogens is 2. The van der Waals surface area contributed by atoms with Crippen LogP contribution in [-0.2, 0) is 6.54 Å². The fraction of sp³-hybridized carbons (Fsp3) is 0.0625. The van der Waals surface area contributed by atoms with Gasteiger partial charge in [0.15, 0.2) is 0 Å². The summed E-state index contributed by atoms with van der Waals surface area (Å²) in [5, 5.41) is 0. The molecule has 3 rings (SSSR count). The molecule has 0 fully saturated rings. The largest absolute Gasteiger partial charge is 0.399 e. The predicted molar refractivity (Wildman–Crippen MR) is 85.3 cm³/mol. The number of benzene rings is 2. The number of nitrogen functional groups attached to an aromatic ring is 1. The van der Waals surface area contributed by atoms with Gasteiger partial charge in [-0.1, -0.05) is 28.1 Å². The molecule has 21 heavy (non-hydrogen) atoms. The first-order valence-electron chi connectivity index (χ1n) is 6.44. The van der Waals surface area contributed by atoms with Gasteiger partial charge in [-0.25, -0.2) is 9.37 Å². The van der Waals surface area contributed by atoms with Crippen LogP contribution in [0.4, 0.5) is 10.1 Å². The molecule has 0 spiro atoms. The van der Waals surface area contributed by atoms with Crippen LogP contribution in [0, 0.1) is 5.82 Å². The molecule has 2 N–H and O–H groups in total. The van der Waals surface area contributed by atoms with Crippen molar-refractivity contribution < 1.29 is 4.39 Å². The van der Waals surface area contributed by atoms with Crippen molar-refractivity contribution in [1.29, 1.82) is 0 Å². The lowest BCUT2D eigenvalue weighted by atomic mass is 10.2. The maximum Gasteiger partial charge on any atom is 0.140 e. The zero-order valence-electron chi connectivity index (χ0n) is 11.1. The van der Waals surface area contributed by atoms with Gasteiger partial charge in [0.05, 0.1) is 0 Å². The molecule has 0 radical (unpaired) electrons. The molecular formula is C16H13BrFN3. The average Bonchev–Trinajstić information content (AvgIpc) is 2.88. The molecule has 3 nitrogen and oxygen atoms in total. The zero-order chi connectivity index (χ0) is 14.8. The summed E-state index contributed by atoms with van der Waals surface area (Å²) in [4.78, 5) is 4.33. The first-order chi connectivity index (χ1) is 10.1.